The van der Waals surface area contributed by atoms with Gasteiger partial charge in [-0.2, -0.15) is 0 Å². The molecule has 1 aromatic carbocycles. The van der Waals surface area contributed by atoms with Crippen LogP contribution in [0.4, 0.5) is 0 Å². The first-order valence-electron chi connectivity index (χ1n) is 6.42. The highest BCUT2D eigenvalue weighted by atomic mass is 32.2. The highest BCUT2D eigenvalue weighted by Gasteiger charge is 2.27. The van der Waals surface area contributed by atoms with Gasteiger partial charge >= 0.3 is 5.97 Å². The minimum atomic E-state index is -1.16. The molecule has 0 spiro atoms. The molecule has 0 saturated heterocycles. The number of benzene rings is 1. The zero-order chi connectivity index (χ0) is 16.3. The maximum absolute atomic E-state index is 11.8. The number of hydrogen-bond acceptors (Lipinski definition) is 5. The molecule has 1 amide bonds. The number of fused-ring (bicyclic) bond motifs is 1. The first-order valence-corrected chi connectivity index (χ1v) is 7.41. The molecule has 0 aliphatic heterocycles. The SMILES string of the molecule is CC(=O)N[C@@H](CSC1=CC(=O)C(=O)c2ccccc21)C(=O)O. The number of amides is 1. The van der Waals surface area contributed by atoms with E-state index in [4.69, 9.17) is 5.11 Å². The van der Waals surface area contributed by atoms with Gasteiger partial charge in [0.2, 0.25) is 17.5 Å². The minimum Gasteiger partial charge on any atom is -0.480 e. The van der Waals surface area contributed by atoms with Crippen LogP contribution in [0.5, 0.6) is 0 Å². The Kier molecular flexibility index (Phi) is 4.77. The van der Waals surface area contributed by atoms with Crippen LogP contribution in [0.2, 0.25) is 0 Å². The zero-order valence-electron chi connectivity index (χ0n) is 11.7. The summed E-state index contributed by atoms with van der Waals surface area (Å²) < 4.78 is 0. The molecule has 0 heterocycles. The molecular formula is C15H13NO5S. The van der Waals surface area contributed by atoms with E-state index < -0.39 is 29.5 Å². The molecule has 0 saturated carbocycles. The van der Waals surface area contributed by atoms with E-state index in [2.05, 4.69) is 5.32 Å². The fraction of sp³-hybridized carbons (Fsp3) is 0.200. The summed E-state index contributed by atoms with van der Waals surface area (Å²) in [5, 5.41) is 11.4. The quantitative estimate of drug-likeness (QED) is 0.789. The summed E-state index contributed by atoms with van der Waals surface area (Å²) in [5.74, 6) is -2.76. The largest absolute Gasteiger partial charge is 0.480 e. The Morgan fingerprint density at radius 2 is 1.86 bits per heavy atom. The second-order valence-electron chi connectivity index (χ2n) is 4.65. The van der Waals surface area contributed by atoms with Gasteiger partial charge in [0.15, 0.2) is 0 Å². The van der Waals surface area contributed by atoms with Gasteiger partial charge in [-0.1, -0.05) is 24.3 Å². The van der Waals surface area contributed by atoms with Crippen molar-refractivity contribution in [1.82, 2.24) is 5.32 Å². The van der Waals surface area contributed by atoms with Crippen molar-refractivity contribution in [3.05, 3.63) is 41.5 Å². The first kappa shape index (κ1) is 16.0. The van der Waals surface area contributed by atoms with Crippen molar-refractivity contribution in [3.8, 4) is 0 Å². The number of carboxylic acid groups (broad SMARTS) is 1. The van der Waals surface area contributed by atoms with Gasteiger partial charge in [0.05, 0.1) is 0 Å². The van der Waals surface area contributed by atoms with Crippen molar-refractivity contribution in [1.29, 1.82) is 0 Å². The monoisotopic (exact) mass is 319 g/mol. The number of hydrogen-bond donors (Lipinski definition) is 2. The Morgan fingerprint density at radius 3 is 2.45 bits per heavy atom. The number of ketones is 2. The lowest BCUT2D eigenvalue weighted by molar-refractivity contribution is -0.140. The molecule has 0 radical (unpaired) electrons. The number of nitrogens with one attached hydrogen (secondary N) is 1. The van der Waals surface area contributed by atoms with E-state index >= 15 is 0 Å². The average Bonchev–Trinajstić information content (AvgIpc) is 2.47. The third kappa shape index (κ3) is 3.43. The molecule has 6 nitrogen and oxygen atoms in total. The summed E-state index contributed by atoms with van der Waals surface area (Å²) >= 11 is 1.12. The number of carbonyl (C=O) groups is 4. The molecule has 0 bridgehead atoms. The summed E-state index contributed by atoms with van der Waals surface area (Å²) in [7, 11) is 0. The van der Waals surface area contributed by atoms with E-state index in [0.717, 1.165) is 11.8 Å². The molecule has 2 rings (SSSR count). The Bertz CT molecular complexity index is 695. The molecule has 22 heavy (non-hydrogen) atoms. The minimum absolute atomic E-state index is 0.0521. The van der Waals surface area contributed by atoms with E-state index in [1.165, 1.54) is 13.0 Å². The Hall–Kier alpha value is -2.41. The standard InChI is InChI=1S/C15H13NO5S/c1-8(17)16-11(15(20)21)7-22-13-6-12(18)14(19)10-5-3-2-4-9(10)13/h2-6,11H,7H2,1H3,(H,16,17)(H,20,21)/t11-/m0/s1. The Morgan fingerprint density at radius 1 is 1.23 bits per heavy atom. The van der Waals surface area contributed by atoms with Gasteiger partial charge in [-0.25, -0.2) is 4.79 Å². The van der Waals surface area contributed by atoms with Crippen molar-refractivity contribution in [2.75, 3.05) is 5.75 Å². The number of allylic oxidation sites excluding steroid dienone is 1. The molecule has 1 aliphatic rings. The van der Waals surface area contributed by atoms with Gasteiger partial charge in [0, 0.05) is 29.2 Å². The van der Waals surface area contributed by atoms with Gasteiger partial charge in [0.25, 0.3) is 0 Å². The van der Waals surface area contributed by atoms with Crippen molar-refractivity contribution < 1.29 is 24.3 Å². The van der Waals surface area contributed by atoms with Crippen LogP contribution in [0.15, 0.2) is 30.3 Å². The fourth-order valence-corrected chi connectivity index (χ4v) is 3.10. The van der Waals surface area contributed by atoms with Gasteiger partial charge in [-0.05, 0) is 5.56 Å². The van der Waals surface area contributed by atoms with Crippen molar-refractivity contribution in [3.63, 3.8) is 0 Å². The van der Waals surface area contributed by atoms with Crippen LogP contribution in [0.3, 0.4) is 0 Å². The second-order valence-corrected chi connectivity index (χ2v) is 5.71. The molecule has 1 atom stereocenters. The predicted octanol–water partition coefficient (Wildman–Crippen LogP) is 1.12. The summed E-state index contributed by atoms with van der Waals surface area (Å²) in [6.07, 6.45) is 1.21. The van der Waals surface area contributed by atoms with Crippen molar-refractivity contribution in [2.45, 2.75) is 13.0 Å². The Balaban J connectivity index is 2.20. The zero-order valence-corrected chi connectivity index (χ0v) is 12.5. The number of carboxylic acids is 1. The topological polar surface area (TPSA) is 101 Å². The van der Waals surface area contributed by atoms with E-state index in [9.17, 15) is 19.2 Å². The lowest BCUT2D eigenvalue weighted by Crippen LogP contribution is -2.41. The van der Waals surface area contributed by atoms with Crippen molar-refractivity contribution >= 4 is 40.1 Å². The molecule has 7 heteroatoms. The smallest absolute Gasteiger partial charge is 0.327 e. The van der Waals surface area contributed by atoms with E-state index in [1.807, 2.05) is 0 Å². The number of carbonyl (C=O) groups excluding carboxylic acids is 3. The normalized spacial score (nSPS) is 14.9. The highest BCUT2D eigenvalue weighted by Crippen LogP contribution is 2.33. The highest BCUT2D eigenvalue weighted by molar-refractivity contribution is 8.08. The van der Waals surface area contributed by atoms with Crippen LogP contribution in [-0.4, -0.2) is 40.3 Å². The Labute approximate surface area is 130 Å². The van der Waals surface area contributed by atoms with Crippen LogP contribution in [-0.2, 0) is 14.4 Å². The number of aliphatic carboxylic acids is 1. The average molecular weight is 319 g/mol. The summed E-state index contributed by atoms with van der Waals surface area (Å²) in [6.45, 7) is 1.23. The number of thioether (sulfide) groups is 1. The molecule has 1 aromatic rings. The molecule has 0 aromatic heterocycles. The van der Waals surface area contributed by atoms with E-state index in [0.29, 0.717) is 16.0 Å². The van der Waals surface area contributed by atoms with Crippen LogP contribution in [0.1, 0.15) is 22.8 Å². The van der Waals surface area contributed by atoms with Gasteiger partial charge < -0.3 is 10.4 Å². The lowest BCUT2D eigenvalue weighted by atomic mass is 9.95. The molecule has 114 valence electrons. The van der Waals surface area contributed by atoms with Gasteiger partial charge in [-0.15, -0.1) is 11.8 Å². The third-order valence-electron chi connectivity index (χ3n) is 3.00. The molecule has 2 N–H and O–H groups in total. The van der Waals surface area contributed by atoms with E-state index in [-0.39, 0.29) is 5.75 Å². The molecule has 0 unspecified atom stereocenters. The van der Waals surface area contributed by atoms with Crippen LogP contribution in [0.25, 0.3) is 4.91 Å². The van der Waals surface area contributed by atoms with Crippen LogP contribution < -0.4 is 5.32 Å². The molecule has 0 fully saturated rings. The van der Waals surface area contributed by atoms with Gasteiger partial charge in [0.1, 0.15) is 6.04 Å². The first-order chi connectivity index (χ1) is 10.4. The van der Waals surface area contributed by atoms with Crippen LogP contribution >= 0.6 is 11.8 Å². The third-order valence-corrected chi connectivity index (χ3v) is 4.15. The summed E-state index contributed by atoms with van der Waals surface area (Å²) in [6, 6.07) is 5.59. The maximum atomic E-state index is 11.8. The van der Waals surface area contributed by atoms with Crippen LogP contribution in [0, 0.1) is 0 Å². The molecule has 1 aliphatic carbocycles. The molecular weight excluding hydrogens is 306 g/mol. The van der Waals surface area contributed by atoms with Crippen molar-refractivity contribution in [2.24, 2.45) is 0 Å². The maximum Gasteiger partial charge on any atom is 0.327 e. The summed E-state index contributed by atoms with van der Waals surface area (Å²) in [4.78, 5) is 46.1. The number of Topliss-reactive ketones (excluding diaryl/α,β-unsaturated/α-hetero) is 1. The number of rotatable bonds is 5. The van der Waals surface area contributed by atoms with Gasteiger partial charge in [-0.3, -0.25) is 14.4 Å². The second kappa shape index (κ2) is 6.57. The lowest BCUT2D eigenvalue weighted by Gasteiger charge is -2.18. The van der Waals surface area contributed by atoms with E-state index in [1.54, 1.807) is 24.3 Å². The fourth-order valence-electron chi connectivity index (χ4n) is 2.00. The summed E-state index contributed by atoms with van der Waals surface area (Å²) in [5.41, 5.74) is 0.910. The predicted molar refractivity (Wildman–Crippen MR) is 81.5 cm³/mol.